The van der Waals surface area contributed by atoms with E-state index in [-0.39, 0.29) is 6.29 Å². The Morgan fingerprint density at radius 1 is 0.889 bits per heavy atom. The lowest BCUT2D eigenvalue weighted by molar-refractivity contribution is -0.127. The Balaban J connectivity index is 3.00. The van der Waals surface area contributed by atoms with Crippen molar-refractivity contribution in [1.82, 2.24) is 0 Å². The summed E-state index contributed by atoms with van der Waals surface area (Å²) < 4.78 is 10.8. The Hall–Kier alpha value is -0.340. The van der Waals surface area contributed by atoms with Crippen LogP contribution < -0.4 is 0 Å². The fourth-order valence-corrected chi connectivity index (χ4v) is 1.98. The molecule has 0 heterocycles. The quantitative estimate of drug-likeness (QED) is 0.245. The summed E-state index contributed by atoms with van der Waals surface area (Å²) in [6.45, 7) is 9.26. The van der Waals surface area contributed by atoms with Crippen LogP contribution in [0.15, 0.2) is 12.7 Å². The van der Waals surface area contributed by atoms with Gasteiger partial charge in [0.1, 0.15) is 0 Å². The molecule has 0 amide bonds. The van der Waals surface area contributed by atoms with Crippen LogP contribution in [0.3, 0.4) is 0 Å². The monoisotopic (exact) mass is 256 g/mol. The van der Waals surface area contributed by atoms with Gasteiger partial charge < -0.3 is 9.47 Å². The van der Waals surface area contributed by atoms with E-state index < -0.39 is 0 Å². The number of allylic oxidation sites excluding steroid dienone is 1. The van der Waals surface area contributed by atoms with Gasteiger partial charge in [0.25, 0.3) is 0 Å². The maximum Gasteiger partial charge on any atom is 0.154 e. The third kappa shape index (κ3) is 13.7. The number of hydrogen-bond donors (Lipinski definition) is 0. The molecule has 0 aromatic heterocycles. The van der Waals surface area contributed by atoms with Crippen LogP contribution in [0.5, 0.6) is 0 Å². The highest BCUT2D eigenvalue weighted by Gasteiger charge is 1.99. The summed E-state index contributed by atoms with van der Waals surface area (Å²) >= 11 is 0. The maximum absolute atomic E-state index is 5.52. The van der Waals surface area contributed by atoms with Gasteiger partial charge in [0.2, 0.25) is 0 Å². The first kappa shape index (κ1) is 17.7. The van der Waals surface area contributed by atoms with E-state index in [1.165, 1.54) is 51.4 Å². The lowest BCUT2D eigenvalue weighted by Gasteiger charge is -2.12. The molecule has 1 atom stereocenters. The standard InChI is InChI=1S/C16H32O2/c1-4-6-7-8-9-10-11-12-13-14-15-18-16(3)17-5-2/h4,16H,1,5-15H2,2-3H3. The topological polar surface area (TPSA) is 18.5 Å². The summed E-state index contributed by atoms with van der Waals surface area (Å²) in [6, 6.07) is 0. The lowest BCUT2D eigenvalue weighted by Crippen LogP contribution is -2.13. The Bertz CT molecular complexity index is 168. The summed E-state index contributed by atoms with van der Waals surface area (Å²) in [6.07, 6.45) is 13.7. The molecule has 0 aliphatic heterocycles. The largest absolute Gasteiger partial charge is 0.353 e. The van der Waals surface area contributed by atoms with E-state index in [9.17, 15) is 0 Å². The molecule has 18 heavy (non-hydrogen) atoms. The van der Waals surface area contributed by atoms with Gasteiger partial charge in [-0.15, -0.1) is 6.58 Å². The minimum atomic E-state index is -0.0418. The highest BCUT2D eigenvalue weighted by atomic mass is 16.7. The van der Waals surface area contributed by atoms with Crippen molar-refractivity contribution < 1.29 is 9.47 Å². The third-order valence-electron chi connectivity index (χ3n) is 3.06. The van der Waals surface area contributed by atoms with Gasteiger partial charge in [-0.3, -0.25) is 0 Å². The summed E-state index contributed by atoms with van der Waals surface area (Å²) in [4.78, 5) is 0. The van der Waals surface area contributed by atoms with Crippen molar-refractivity contribution in [2.24, 2.45) is 0 Å². The lowest BCUT2D eigenvalue weighted by atomic mass is 10.1. The molecule has 0 bridgehead atoms. The van der Waals surface area contributed by atoms with Crippen LogP contribution in [-0.2, 0) is 9.47 Å². The molecule has 1 unspecified atom stereocenters. The Kier molecular flexibility index (Phi) is 14.4. The van der Waals surface area contributed by atoms with Crippen molar-refractivity contribution in [2.45, 2.75) is 77.9 Å². The van der Waals surface area contributed by atoms with Crippen molar-refractivity contribution >= 4 is 0 Å². The van der Waals surface area contributed by atoms with E-state index in [0.717, 1.165) is 19.6 Å². The second-order valence-electron chi connectivity index (χ2n) is 4.80. The molecule has 0 aromatic carbocycles. The van der Waals surface area contributed by atoms with Crippen LogP contribution in [-0.4, -0.2) is 19.5 Å². The second-order valence-corrected chi connectivity index (χ2v) is 4.80. The van der Waals surface area contributed by atoms with Crippen molar-refractivity contribution in [3.63, 3.8) is 0 Å². The van der Waals surface area contributed by atoms with Gasteiger partial charge in [0.05, 0.1) is 0 Å². The van der Waals surface area contributed by atoms with Crippen molar-refractivity contribution in [3.8, 4) is 0 Å². The molecular formula is C16H32O2. The van der Waals surface area contributed by atoms with Crippen LogP contribution in [0.1, 0.15) is 71.6 Å². The van der Waals surface area contributed by atoms with E-state index in [1.807, 2.05) is 19.9 Å². The van der Waals surface area contributed by atoms with E-state index in [0.29, 0.717) is 0 Å². The van der Waals surface area contributed by atoms with Gasteiger partial charge in [-0.05, 0) is 33.1 Å². The van der Waals surface area contributed by atoms with E-state index in [2.05, 4.69) is 6.58 Å². The number of hydrogen-bond acceptors (Lipinski definition) is 2. The zero-order valence-electron chi connectivity index (χ0n) is 12.5. The van der Waals surface area contributed by atoms with E-state index in [4.69, 9.17) is 9.47 Å². The zero-order valence-corrected chi connectivity index (χ0v) is 12.5. The summed E-state index contributed by atoms with van der Waals surface area (Å²) in [5.41, 5.74) is 0. The molecule has 0 radical (unpaired) electrons. The van der Waals surface area contributed by atoms with Gasteiger partial charge in [-0.1, -0.05) is 44.6 Å². The minimum Gasteiger partial charge on any atom is -0.353 e. The van der Waals surface area contributed by atoms with Crippen molar-refractivity contribution in [3.05, 3.63) is 12.7 Å². The van der Waals surface area contributed by atoms with Crippen LogP contribution in [0.2, 0.25) is 0 Å². The average Bonchev–Trinajstić information content (AvgIpc) is 2.36. The molecule has 2 nitrogen and oxygen atoms in total. The molecule has 0 rings (SSSR count). The summed E-state index contributed by atoms with van der Waals surface area (Å²) in [7, 11) is 0. The van der Waals surface area contributed by atoms with Crippen LogP contribution in [0, 0.1) is 0 Å². The first-order valence-electron chi connectivity index (χ1n) is 7.65. The zero-order chi connectivity index (χ0) is 13.5. The first-order valence-corrected chi connectivity index (χ1v) is 7.65. The number of unbranched alkanes of at least 4 members (excludes halogenated alkanes) is 8. The van der Waals surface area contributed by atoms with Crippen molar-refractivity contribution in [2.75, 3.05) is 13.2 Å². The summed E-state index contributed by atoms with van der Waals surface area (Å²) in [5, 5.41) is 0. The van der Waals surface area contributed by atoms with Crippen LogP contribution in [0.25, 0.3) is 0 Å². The fraction of sp³-hybridized carbons (Fsp3) is 0.875. The predicted octanol–water partition coefficient (Wildman–Crippen LogP) is 5.08. The Labute approximate surface area is 114 Å². The smallest absolute Gasteiger partial charge is 0.154 e. The molecule has 0 aromatic rings. The third-order valence-corrected chi connectivity index (χ3v) is 3.06. The molecule has 0 fully saturated rings. The predicted molar refractivity (Wildman–Crippen MR) is 78.8 cm³/mol. The van der Waals surface area contributed by atoms with Crippen LogP contribution >= 0.6 is 0 Å². The molecule has 0 saturated carbocycles. The molecule has 0 N–H and O–H groups in total. The van der Waals surface area contributed by atoms with Gasteiger partial charge in [-0.2, -0.15) is 0 Å². The molecular weight excluding hydrogens is 224 g/mol. The van der Waals surface area contributed by atoms with Gasteiger partial charge in [-0.25, -0.2) is 0 Å². The average molecular weight is 256 g/mol. The Morgan fingerprint density at radius 3 is 2.00 bits per heavy atom. The number of rotatable bonds is 14. The maximum atomic E-state index is 5.52. The van der Waals surface area contributed by atoms with Crippen molar-refractivity contribution in [1.29, 1.82) is 0 Å². The molecule has 0 aliphatic carbocycles. The number of ether oxygens (including phenoxy) is 2. The highest BCUT2D eigenvalue weighted by molar-refractivity contribution is 4.65. The van der Waals surface area contributed by atoms with E-state index >= 15 is 0 Å². The Morgan fingerprint density at radius 2 is 1.44 bits per heavy atom. The second kappa shape index (κ2) is 14.7. The van der Waals surface area contributed by atoms with Gasteiger partial charge in [0, 0.05) is 13.2 Å². The van der Waals surface area contributed by atoms with E-state index in [1.54, 1.807) is 0 Å². The molecule has 0 spiro atoms. The van der Waals surface area contributed by atoms with Crippen LogP contribution in [0.4, 0.5) is 0 Å². The van der Waals surface area contributed by atoms with Gasteiger partial charge in [0.15, 0.2) is 6.29 Å². The summed E-state index contributed by atoms with van der Waals surface area (Å²) in [5.74, 6) is 0. The SMILES string of the molecule is C=CCCCCCCCCCCOC(C)OCC. The fourth-order valence-electron chi connectivity index (χ4n) is 1.98. The highest BCUT2D eigenvalue weighted by Crippen LogP contribution is 2.10. The molecule has 0 aliphatic rings. The normalized spacial score (nSPS) is 12.6. The molecule has 2 heteroatoms. The first-order chi connectivity index (χ1) is 8.81. The van der Waals surface area contributed by atoms with Gasteiger partial charge >= 0.3 is 0 Å². The molecule has 0 saturated heterocycles. The molecule has 108 valence electrons. The minimum absolute atomic E-state index is 0.0418.